The summed E-state index contributed by atoms with van der Waals surface area (Å²) in [7, 11) is 1.43. The van der Waals surface area contributed by atoms with Gasteiger partial charge in [-0.15, -0.1) is 0 Å². The molecule has 0 aromatic heterocycles. The molecule has 11 heavy (non-hydrogen) atoms. The van der Waals surface area contributed by atoms with Crippen molar-refractivity contribution in [1.82, 2.24) is 5.32 Å². The van der Waals surface area contributed by atoms with Gasteiger partial charge in [-0.1, -0.05) is 0 Å². The highest BCUT2D eigenvalue weighted by molar-refractivity contribution is 5.82. The monoisotopic (exact) mass is 162 g/mol. The molecule has 64 valence electrons. The number of nitrogens with one attached hydrogen (secondary N) is 1. The molecule has 1 unspecified atom stereocenters. The van der Waals surface area contributed by atoms with Crippen molar-refractivity contribution < 1.29 is 19.8 Å². The van der Waals surface area contributed by atoms with Crippen LogP contribution in [0, 0.1) is 5.92 Å². The summed E-state index contributed by atoms with van der Waals surface area (Å²) in [5.41, 5.74) is 0. The van der Waals surface area contributed by atoms with E-state index in [1.165, 1.54) is 14.0 Å². The lowest BCUT2D eigenvalue weighted by molar-refractivity contribution is -0.150. The number of carboxylic acids is 2. The lowest BCUT2D eigenvalue weighted by Crippen LogP contribution is -2.42. The van der Waals surface area contributed by atoms with E-state index in [1.54, 1.807) is 0 Å². The van der Waals surface area contributed by atoms with Crippen LogP contribution in [-0.2, 0) is 9.59 Å². The molecule has 5 heteroatoms. The van der Waals surface area contributed by atoms with E-state index in [1.807, 2.05) is 0 Å². The van der Waals surface area contributed by atoms with Crippen LogP contribution in [0.3, 0.4) is 0 Å². The first-order valence-electron chi connectivity index (χ1n) is 3.52. The minimum absolute atomic E-state index is 0.896. The van der Waals surface area contributed by atoms with Crippen LogP contribution in [0.25, 0.3) is 1.43 Å². The second kappa shape index (κ2) is 3.92. The first kappa shape index (κ1) is 8.00. The highest BCUT2D eigenvalue weighted by Crippen LogP contribution is 2.02. The van der Waals surface area contributed by atoms with Crippen LogP contribution in [0.15, 0.2) is 0 Å². The smallest absolute Gasteiger partial charge is 0.321 e. The Balaban J connectivity index is 4.33. The highest BCUT2D eigenvalue weighted by atomic mass is 16.4. The Morgan fingerprint density at radius 1 is 1.55 bits per heavy atom. The van der Waals surface area contributed by atoms with Crippen molar-refractivity contribution in [2.45, 2.75) is 13.0 Å². The number of carboxylic acid groups (broad SMARTS) is 2. The molecule has 2 atom stereocenters. The lowest BCUT2D eigenvalue weighted by atomic mass is 10.0. The van der Waals surface area contributed by atoms with E-state index < -0.39 is 23.9 Å². The Kier molecular flexibility index (Phi) is 2.85. The summed E-state index contributed by atoms with van der Waals surface area (Å²) in [4.78, 5) is 21.2. The fraction of sp³-hybridized carbons (Fsp3) is 0.667. The van der Waals surface area contributed by atoms with Crippen LogP contribution >= 0.6 is 0 Å². The fourth-order valence-electron chi connectivity index (χ4n) is 0.715. The van der Waals surface area contributed by atoms with Gasteiger partial charge in [0.15, 0.2) is 0 Å². The first-order chi connectivity index (χ1) is 5.54. The van der Waals surface area contributed by atoms with Crippen molar-refractivity contribution in [3.05, 3.63) is 0 Å². The number of aliphatic carboxylic acids is 2. The Hall–Kier alpha value is -1.10. The summed E-state index contributed by atoms with van der Waals surface area (Å²) in [6.07, 6.45) is 0. The number of rotatable bonds is 4. The molecule has 0 spiro atoms. The molecule has 0 saturated carbocycles. The Bertz CT molecular complexity index is 184. The third-order valence-corrected chi connectivity index (χ3v) is 1.45. The van der Waals surface area contributed by atoms with Gasteiger partial charge < -0.3 is 15.5 Å². The molecule has 0 radical (unpaired) electrons. The van der Waals surface area contributed by atoms with E-state index in [-0.39, 0.29) is 0 Å². The number of hydrogen-bond acceptors (Lipinski definition) is 4. The molecule has 0 aliphatic heterocycles. The number of carbonyl (C=O) groups is 2. The second-order valence-electron chi connectivity index (χ2n) is 2.21. The van der Waals surface area contributed by atoms with Gasteiger partial charge in [0.25, 0.3) is 1.43 Å². The molecule has 0 amide bonds. The minimum atomic E-state index is -1.11. The standard InChI is InChI=1S/C6H11NO4/c1-3(5(8)9)4(7-2)6(10)11/h3-4,7H,1-2H3,(H,8,9)(H,10,11)/t3?,4-/m0/s1/i/hD. The molecule has 0 aromatic rings. The van der Waals surface area contributed by atoms with Crippen LogP contribution in [-0.4, -0.2) is 35.2 Å². The van der Waals surface area contributed by atoms with E-state index >= 15 is 0 Å². The van der Waals surface area contributed by atoms with Gasteiger partial charge in [-0.2, -0.15) is 0 Å². The molecule has 0 aromatic carbocycles. The first-order valence-corrected chi connectivity index (χ1v) is 3.11. The van der Waals surface area contributed by atoms with Crippen molar-refractivity contribution in [1.29, 1.82) is 1.43 Å². The SMILES string of the molecule is [2H]OC(=O)[C@@H](NC)C(C)C(=O)O. The molecule has 0 aliphatic rings. The molecule has 0 fully saturated rings. The maximum absolute atomic E-state index is 10.8. The van der Waals surface area contributed by atoms with Crippen LogP contribution < -0.4 is 5.32 Å². The molecule has 0 rings (SSSR count). The zero-order chi connectivity index (χ0) is 9.72. The van der Waals surface area contributed by atoms with Crippen LogP contribution in [0.2, 0.25) is 0 Å². The molecule has 3 N–H and O–H groups in total. The van der Waals surface area contributed by atoms with E-state index in [0.29, 0.717) is 0 Å². The zero-order valence-corrected chi connectivity index (χ0v) is 6.33. The van der Waals surface area contributed by atoms with Crippen LogP contribution in [0.4, 0.5) is 0 Å². The van der Waals surface area contributed by atoms with E-state index in [0.717, 1.165) is 0 Å². The number of hydrogen-bond donors (Lipinski definition) is 3. The van der Waals surface area contributed by atoms with E-state index in [9.17, 15) is 9.59 Å². The topological polar surface area (TPSA) is 86.6 Å². The Labute approximate surface area is 65.5 Å². The molecular weight excluding hydrogens is 150 g/mol. The molecule has 0 bridgehead atoms. The number of likely N-dealkylation sites (N-methyl/N-ethyl adjacent to an activating group) is 1. The van der Waals surface area contributed by atoms with Crippen molar-refractivity contribution in [3.8, 4) is 0 Å². The van der Waals surface area contributed by atoms with Crippen LogP contribution in [0.1, 0.15) is 6.92 Å². The predicted molar refractivity (Wildman–Crippen MR) is 37.3 cm³/mol. The Morgan fingerprint density at radius 2 is 2.09 bits per heavy atom. The average Bonchev–Trinajstić information content (AvgIpc) is 2.05. The summed E-state index contributed by atoms with van der Waals surface area (Å²) in [5.74, 6) is -2.92. The molecule has 0 aliphatic carbocycles. The van der Waals surface area contributed by atoms with Gasteiger partial charge in [0.2, 0.25) is 0 Å². The lowest BCUT2D eigenvalue weighted by Gasteiger charge is -2.14. The summed E-state index contributed by atoms with van der Waals surface area (Å²) >= 11 is 0. The summed E-state index contributed by atoms with van der Waals surface area (Å²) in [6.45, 7) is 1.36. The minimum Gasteiger partial charge on any atom is -0.481 e. The maximum atomic E-state index is 10.8. The average molecular weight is 162 g/mol. The quantitative estimate of drug-likeness (QED) is 0.513. The highest BCUT2D eigenvalue weighted by Gasteiger charge is 2.27. The van der Waals surface area contributed by atoms with Gasteiger partial charge in [0, 0.05) is 0 Å². The van der Waals surface area contributed by atoms with Gasteiger partial charge in [0.05, 0.1) is 5.92 Å². The summed E-state index contributed by atoms with van der Waals surface area (Å²) < 4.78 is 6.29. The summed E-state index contributed by atoms with van der Waals surface area (Å²) in [6, 6.07) is -0.972. The Morgan fingerprint density at radius 3 is 2.36 bits per heavy atom. The van der Waals surface area contributed by atoms with Crippen molar-refractivity contribution in [3.63, 3.8) is 0 Å². The predicted octanol–water partition coefficient (Wildman–Crippen LogP) is -0.620. The third-order valence-electron chi connectivity index (χ3n) is 1.45. The second-order valence-corrected chi connectivity index (χ2v) is 2.21. The normalized spacial score (nSPS) is 16.4. The largest absolute Gasteiger partial charge is 0.481 e. The van der Waals surface area contributed by atoms with E-state index in [4.69, 9.17) is 6.54 Å². The molecular formula is C6H11NO4. The van der Waals surface area contributed by atoms with Crippen molar-refractivity contribution >= 4 is 11.9 Å². The van der Waals surface area contributed by atoms with Gasteiger partial charge in [-0.05, 0) is 14.0 Å². The van der Waals surface area contributed by atoms with Crippen LogP contribution in [0.5, 0.6) is 0 Å². The molecule has 0 saturated heterocycles. The summed E-state index contributed by atoms with van der Waals surface area (Å²) in [5, 5.41) is 14.6. The third kappa shape index (κ3) is 2.55. The zero-order valence-electron chi connectivity index (χ0n) is 7.33. The van der Waals surface area contributed by atoms with Gasteiger partial charge in [0.1, 0.15) is 6.04 Å². The van der Waals surface area contributed by atoms with Gasteiger partial charge in [-0.3, -0.25) is 9.59 Å². The van der Waals surface area contributed by atoms with Crippen molar-refractivity contribution in [2.75, 3.05) is 7.05 Å². The van der Waals surface area contributed by atoms with Crippen molar-refractivity contribution in [2.24, 2.45) is 5.92 Å². The maximum Gasteiger partial charge on any atom is 0.321 e. The van der Waals surface area contributed by atoms with E-state index in [2.05, 4.69) is 10.4 Å². The fourth-order valence-corrected chi connectivity index (χ4v) is 0.715. The molecule has 5 nitrogen and oxygen atoms in total. The molecule has 0 heterocycles. The van der Waals surface area contributed by atoms with Gasteiger partial charge >= 0.3 is 11.9 Å². The van der Waals surface area contributed by atoms with Gasteiger partial charge in [-0.25, -0.2) is 0 Å².